The largest absolute Gasteiger partial charge is 0.497 e. The van der Waals surface area contributed by atoms with E-state index in [1.165, 1.54) is 13.3 Å². The molecule has 3 aromatic rings. The number of benzene rings is 3. The van der Waals surface area contributed by atoms with Gasteiger partial charge in [0.15, 0.2) is 18.1 Å². The minimum atomic E-state index is -0.405. The molecule has 3 rings (SSSR count). The number of carbonyl (C=O) groups is 1. The molecule has 0 aromatic heterocycles. The van der Waals surface area contributed by atoms with Gasteiger partial charge in [-0.1, -0.05) is 29.3 Å². The summed E-state index contributed by atoms with van der Waals surface area (Å²) in [5.41, 5.74) is 3.88. The monoisotopic (exact) mass is 566 g/mol. The van der Waals surface area contributed by atoms with E-state index in [1.807, 2.05) is 0 Å². The molecule has 0 aliphatic heterocycles. The van der Waals surface area contributed by atoms with Crippen molar-refractivity contribution in [1.82, 2.24) is 5.43 Å². The van der Waals surface area contributed by atoms with Crippen molar-refractivity contribution in [3.63, 3.8) is 0 Å². The second-order valence-electron chi connectivity index (χ2n) is 6.82. The molecule has 3 aromatic carbocycles. The highest BCUT2D eigenvalue weighted by Crippen LogP contribution is 2.37. The van der Waals surface area contributed by atoms with Gasteiger partial charge in [-0.15, -0.1) is 0 Å². The smallest absolute Gasteiger partial charge is 0.277 e. The van der Waals surface area contributed by atoms with Crippen LogP contribution in [0.4, 0.5) is 0 Å². The summed E-state index contributed by atoms with van der Waals surface area (Å²) in [4.78, 5) is 12.0. The minimum absolute atomic E-state index is 0.184. The highest BCUT2D eigenvalue weighted by Gasteiger charge is 2.13. The van der Waals surface area contributed by atoms with Gasteiger partial charge in [-0.3, -0.25) is 4.79 Å². The summed E-state index contributed by atoms with van der Waals surface area (Å²) < 4.78 is 22.5. The van der Waals surface area contributed by atoms with Gasteiger partial charge >= 0.3 is 0 Å². The Labute approximate surface area is 215 Å². The van der Waals surface area contributed by atoms with Gasteiger partial charge in [0, 0.05) is 15.6 Å². The maximum absolute atomic E-state index is 12.0. The van der Waals surface area contributed by atoms with Gasteiger partial charge in [-0.05, 0) is 70.0 Å². The fourth-order valence-electron chi connectivity index (χ4n) is 2.77. The van der Waals surface area contributed by atoms with Crippen LogP contribution in [-0.4, -0.2) is 32.9 Å². The Morgan fingerprint density at radius 3 is 2.41 bits per heavy atom. The molecule has 178 valence electrons. The normalized spacial score (nSPS) is 10.7. The lowest BCUT2D eigenvalue weighted by atomic mass is 10.2. The van der Waals surface area contributed by atoms with Crippen LogP contribution in [-0.2, 0) is 11.4 Å². The Hall–Kier alpha value is -2.94. The third-order valence-electron chi connectivity index (χ3n) is 4.47. The average molecular weight is 568 g/mol. The quantitative estimate of drug-likeness (QED) is 0.244. The molecule has 1 N–H and O–H groups in total. The molecular formula is C24H21BrCl2N2O5. The topological polar surface area (TPSA) is 78.4 Å². The van der Waals surface area contributed by atoms with Gasteiger partial charge in [0.1, 0.15) is 18.1 Å². The summed E-state index contributed by atoms with van der Waals surface area (Å²) in [7, 11) is 3.11. The van der Waals surface area contributed by atoms with Crippen LogP contribution in [0, 0.1) is 0 Å². The molecule has 0 bridgehead atoms. The first kappa shape index (κ1) is 25.7. The van der Waals surface area contributed by atoms with E-state index >= 15 is 0 Å². The van der Waals surface area contributed by atoms with E-state index in [0.29, 0.717) is 43.1 Å². The van der Waals surface area contributed by atoms with Crippen molar-refractivity contribution >= 4 is 51.3 Å². The Morgan fingerprint density at radius 1 is 1.00 bits per heavy atom. The number of hydrogen-bond donors (Lipinski definition) is 1. The number of amides is 1. The predicted molar refractivity (Wildman–Crippen MR) is 136 cm³/mol. The molecule has 0 saturated heterocycles. The van der Waals surface area contributed by atoms with Crippen molar-refractivity contribution in [3.8, 4) is 23.0 Å². The number of halogens is 3. The van der Waals surface area contributed by atoms with E-state index in [4.69, 9.17) is 42.1 Å². The van der Waals surface area contributed by atoms with Gasteiger partial charge in [0.25, 0.3) is 5.91 Å². The van der Waals surface area contributed by atoms with Crippen molar-refractivity contribution < 1.29 is 23.7 Å². The molecule has 0 unspecified atom stereocenters. The zero-order valence-corrected chi connectivity index (χ0v) is 21.4. The van der Waals surface area contributed by atoms with Crippen LogP contribution >= 0.6 is 39.1 Å². The van der Waals surface area contributed by atoms with Crippen LogP contribution < -0.4 is 24.4 Å². The maximum atomic E-state index is 12.0. The molecular weight excluding hydrogens is 547 g/mol. The van der Waals surface area contributed by atoms with Crippen LogP contribution in [0.3, 0.4) is 0 Å². The Morgan fingerprint density at radius 2 is 1.74 bits per heavy atom. The molecule has 0 fully saturated rings. The van der Waals surface area contributed by atoms with Gasteiger partial charge in [0.2, 0.25) is 0 Å². The first-order valence-corrected chi connectivity index (χ1v) is 11.5. The van der Waals surface area contributed by atoms with Crippen LogP contribution in [0.2, 0.25) is 10.0 Å². The van der Waals surface area contributed by atoms with Crippen molar-refractivity contribution in [2.24, 2.45) is 5.10 Å². The van der Waals surface area contributed by atoms with Crippen molar-refractivity contribution in [2.45, 2.75) is 6.61 Å². The third-order valence-corrected chi connectivity index (χ3v) is 5.65. The number of methoxy groups -OCH3 is 2. The summed E-state index contributed by atoms with van der Waals surface area (Å²) in [6.45, 7) is 0.0410. The average Bonchev–Trinajstić information content (AvgIpc) is 2.83. The highest BCUT2D eigenvalue weighted by molar-refractivity contribution is 9.10. The van der Waals surface area contributed by atoms with Crippen LogP contribution in [0.25, 0.3) is 0 Å². The lowest BCUT2D eigenvalue weighted by Gasteiger charge is -2.14. The van der Waals surface area contributed by atoms with E-state index < -0.39 is 5.91 Å². The van der Waals surface area contributed by atoms with Crippen LogP contribution in [0.5, 0.6) is 23.0 Å². The predicted octanol–water partition coefficient (Wildman–Crippen LogP) is 5.88. The first-order valence-electron chi connectivity index (χ1n) is 9.92. The first-order chi connectivity index (χ1) is 16.4. The number of ether oxygens (including phenoxy) is 4. The number of nitrogens with zero attached hydrogens (tertiary/aromatic N) is 1. The molecule has 0 radical (unpaired) electrons. The number of rotatable bonds is 10. The fourth-order valence-corrected chi connectivity index (χ4v) is 3.81. The minimum Gasteiger partial charge on any atom is -0.497 e. The fraction of sp³-hybridized carbons (Fsp3) is 0.167. The van der Waals surface area contributed by atoms with Crippen molar-refractivity contribution in [1.29, 1.82) is 0 Å². The molecule has 0 aliphatic carbocycles. The second kappa shape index (κ2) is 12.5. The van der Waals surface area contributed by atoms with Gasteiger partial charge in [0.05, 0.1) is 24.9 Å². The Bertz CT molecular complexity index is 1170. The Balaban J connectivity index is 1.57. The van der Waals surface area contributed by atoms with E-state index in [9.17, 15) is 4.79 Å². The molecule has 0 aliphatic rings. The number of carbonyl (C=O) groups excluding carboxylic acids is 1. The third kappa shape index (κ3) is 7.28. The molecule has 34 heavy (non-hydrogen) atoms. The SMILES string of the molecule is COc1ccc(OCC(=O)N/N=C/c2cc(Br)c(OCc3ccc(Cl)cc3Cl)c(OC)c2)cc1. The summed E-state index contributed by atoms with van der Waals surface area (Å²) in [5.74, 6) is 1.83. The zero-order valence-electron chi connectivity index (χ0n) is 18.3. The van der Waals surface area contributed by atoms with E-state index in [2.05, 4.69) is 26.5 Å². The standard InChI is InChI=1S/C24H21BrCl2N2O5/c1-31-18-5-7-19(8-6-18)33-14-23(30)29-28-12-15-9-20(25)24(22(10-15)32-2)34-13-16-3-4-17(26)11-21(16)27/h3-12H,13-14H2,1-2H3,(H,29,30)/b28-12+. The molecule has 7 nitrogen and oxygen atoms in total. The molecule has 0 atom stereocenters. The molecule has 0 spiro atoms. The molecule has 0 heterocycles. The summed E-state index contributed by atoms with van der Waals surface area (Å²) in [6, 6.07) is 15.6. The summed E-state index contributed by atoms with van der Waals surface area (Å²) in [5, 5.41) is 5.03. The van der Waals surface area contributed by atoms with E-state index in [0.717, 1.165) is 5.56 Å². The lowest BCUT2D eigenvalue weighted by molar-refractivity contribution is -0.123. The zero-order chi connectivity index (χ0) is 24.5. The van der Waals surface area contributed by atoms with E-state index in [-0.39, 0.29) is 13.2 Å². The molecule has 1 amide bonds. The Kier molecular flexibility index (Phi) is 9.44. The maximum Gasteiger partial charge on any atom is 0.277 e. The number of hydrogen-bond acceptors (Lipinski definition) is 6. The van der Waals surface area contributed by atoms with Crippen LogP contribution in [0.1, 0.15) is 11.1 Å². The summed E-state index contributed by atoms with van der Waals surface area (Å²) >= 11 is 15.6. The van der Waals surface area contributed by atoms with Gasteiger partial charge in [-0.25, -0.2) is 5.43 Å². The van der Waals surface area contributed by atoms with Crippen LogP contribution in [0.15, 0.2) is 64.2 Å². The molecule has 0 saturated carbocycles. The van der Waals surface area contributed by atoms with Crippen molar-refractivity contribution in [2.75, 3.05) is 20.8 Å². The summed E-state index contributed by atoms with van der Waals surface area (Å²) in [6.07, 6.45) is 1.48. The highest BCUT2D eigenvalue weighted by atomic mass is 79.9. The lowest BCUT2D eigenvalue weighted by Crippen LogP contribution is -2.24. The number of hydrazone groups is 1. The van der Waals surface area contributed by atoms with E-state index in [1.54, 1.807) is 61.7 Å². The molecule has 10 heteroatoms. The second-order valence-corrected chi connectivity index (χ2v) is 8.51. The van der Waals surface area contributed by atoms with Crippen molar-refractivity contribution in [3.05, 3.63) is 80.2 Å². The number of nitrogens with one attached hydrogen (secondary N) is 1. The van der Waals surface area contributed by atoms with Gasteiger partial charge < -0.3 is 18.9 Å². The van der Waals surface area contributed by atoms with Gasteiger partial charge in [-0.2, -0.15) is 5.10 Å².